The van der Waals surface area contributed by atoms with E-state index >= 15 is 0 Å². The third kappa shape index (κ3) is 4.86. The van der Waals surface area contributed by atoms with Crippen molar-refractivity contribution >= 4 is 67.9 Å². The Kier molecular flexibility index (Phi) is 6.37. The number of hydrogen-bond donors (Lipinski definition) is 2. The molecule has 2 N–H and O–H groups in total. The van der Waals surface area contributed by atoms with Gasteiger partial charge in [0.15, 0.2) is 16.1 Å². The Morgan fingerprint density at radius 3 is 2.50 bits per heavy atom. The van der Waals surface area contributed by atoms with E-state index in [2.05, 4.69) is 15.0 Å². The molecule has 3 aromatic rings. The molecule has 0 radical (unpaired) electrons. The van der Waals surface area contributed by atoms with Crippen molar-refractivity contribution in [1.82, 2.24) is 4.98 Å². The zero-order valence-electron chi connectivity index (χ0n) is 12.9. The van der Waals surface area contributed by atoms with E-state index < -0.39 is 16.8 Å². The number of anilines is 2. The topological polar surface area (TPSA) is 54.0 Å². The molecule has 10 heteroatoms. The van der Waals surface area contributed by atoms with Crippen LogP contribution >= 0.6 is 46.1 Å². The first-order valence-electron chi connectivity index (χ1n) is 7.18. The average Bonchev–Trinajstić information content (AvgIpc) is 3.07. The minimum atomic E-state index is -1.81. The molecule has 0 aliphatic carbocycles. The highest BCUT2D eigenvalue weighted by Crippen LogP contribution is 2.29. The van der Waals surface area contributed by atoms with Crippen LogP contribution in [0.4, 0.5) is 15.2 Å². The summed E-state index contributed by atoms with van der Waals surface area (Å²) in [6.45, 7) is 0.346. The number of nitrogens with one attached hydrogen (secondary N) is 2. The van der Waals surface area contributed by atoms with Crippen molar-refractivity contribution in [2.45, 2.75) is 11.4 Å². The van der Waals surface area contributed by atoms with E-state index in [1.165, 1.54) is 23.5 Å². The molecule has 1 unspecified atom stereocenters. The summed E-state index contributed by atoms with van der Waals surface area (Å²) >= 11 is 19.4. The first-order valence-corrected chi connectivity index (χ1v) is 10.3. The van der Waals surface area contributed by atoms with Crippen molar-refractivity contribution in [1.29, 1.82) is 0 Å². The second-order valence-electron chi connectivity index (χ2n) is 5.10. The Morgan fingerprint density at radius 1 is 1.12 bits per heavy atom. The predicted octanol–water partition coefficient (Wildman–Crippen LogP) is 5.99. The smallest absolute Gasteiger partial charge is 0.194 e. The van der Waals surface area contributed by atoms with Gasteiger partial charge in [-0.05, 0) is 35.9 Å². The fraction of sp³-hybridized carbons (Fsp3) is 0.0625. The maximum atomic E-state index is 14.4. The molecule has 1 heterocycles. The van der Waals surface area contributed by atoms with Crippen LogP contribution in [-0.4, -0.2) is 9.19 Å². The van der Waals surface area contributed by atoms with E-state index in [-0.39, 0.29) is 9.92 Å². The van der Waals surface area contributed by atoms with Crippen molar-refractivity contribution in [3.63, 3.8) is 0 Å². The Bertz CT molecular complexity index is 934. The number of hydrogen-bond acceptors (Lipinski definition) is 4. The summed E-state index contributed by atoms with van der Waals surface area (Å²) in [5, 5.41) is 6.42. The molecule has 0 saturated carbocycles. The number of nitrogens with zero attached hydrogens (tertiary/aromatic N) is 1. The fourth-order valence-corrected chi connectivity index (χ4v) is 4.56. The SMILES string of the molecule is O=S(Nc1nccs1)c1cc(Cl)c(NCc2cc(Cl)cc(Cl)c2)cc1F. The molecule has 0 saturated heterocycles. The van der Waals surface area contributed by atoms with E-state index in [4.69, 9.17) is 34.8 Å². The molecule has 0 amide bonds. The molecule has 0 spiro atoms. The number of halogens is 4. The van der Waals surface area contributed by atoms with Gasteiger partial charge in [-0.1, -0.05) is 34.8 Å². The maximum absolute atomic E-state index is 14.4. The minimum absolute atomic E-state index is 0.0541. The molecule has 4 nitrogen and oxygen atoms in total. The largest absolute Gasteiger partial charge is 0.380 e. The van der Waals surface area contributed by atoms with E-state index in [0.717, 1.165) is 5.56 Å². The Morgan fingerprint density at radius 2 is 1.85 bits per heavy atom. The van der Waals surface area contributed by atoms with Crippen LogP contribution in [0.15, 0.2) is 46.8 Å². The zero-order chi connectivity index (χ0) is 18.7. The summed E-state index contributed by atoms with van der Waals surface area (Å²) in [6.07, 6.45) is 1.56. The normalized spacial score (nSPS) is 12.0. The number of benzene rings is 2. The summed E-state index contributed by atoms with van der Waals surface area (Å²) in [5.41, 5.74) is 1.19. The van der Waals surface area contributed by atoms with Gasteiger partial charge < -0.3 is 5.32 Å². The van der Waals surface area contributed by atoms with Gasteiger partial charge in [0.05, 0.1) is 15.6 Å². The lowest BCUT2D eigenvalue weighted by atomic mass is 10.2. The van der Waals surface area contributed by atoms with Gasteiger partial charge in [-0.2, -0.15) is 0 Å². The van der Waals surface area contributed by atoms with Crippen LogP contribution in [0.5, 0.6) is 0 Å². The van der Waals surface area contributed by atoms with Crippen LogP contribution < -0.4 is 10.0 Å². The highest BCUT2D eigenvalue weighted by atomic mass is 35.5. The van der Waals surface area contributed by atoms with Gasteiger partial charge in [0.2, 0.25) is 0 Å². The molecule has 1 atom stereocenters. The molecular weight excluding hydrogens is 440 g/mol. The highest BCUT2D eigenvalue weighted by molar-refractivity contribution is 7.86. The monoisotopic (exact) mass is 449 g/mol. The Hall–Kier alpha value is -1.38. The van der Waals surface area contributed by atoms with Gasteiger partial charge in [0, 0.05) is 28.2 Å². The molecule has 2 aromatic carbocycles. The second-order valence-corrected chi connectivity index (χ2v) is 8.46. The van der Waals surface area contributed by atoms with Crippen molar-refractivity contribution in [2.24, 2.45) is 0 Å². The first-order chi connectivity index (χ1) is 12.4. The molecular formula is C16H11Cl3FN3OS2. The molecule has 136 valence electrons. The van der Waals surface area contributed by atoms with Crippen LogP contribution in [-0.2, 0) is 17.5 Å². The van der Waals surface area contributed by atoms with E-state index in [1.54, 1.807) is 29.8 Å². The molecule has 0 aliphatic rings. The molecule has 0 bridgehead atoms. The van der Waals surface area contributed by atoms with E-state index in [9.17, 15) is 8.60 Å². The summed E-state index contributed by atoms with van der Waals surface area (Å²) < 4.78 is 29.3. The zero-order valence-corrected chi connectivity index (χ0v) is 16.8. The van der Waals surface area contributed by atoms with Gasteiger partial charge in [-0.3, -0.25) is 4.72 Å². The van der Waals surface area contributed by atoms with Crippen LogP contribution in [0, 0.1) is 5.82 Å². The lowest BCUT2D eigenvalue weighted by molar-refractivity contribution is 0.596. The van der Waals surface area contributed by atoms with Gasteiger partial charge in [0.1, 0.15) is 5.82 Å². The minimum Gasteiger partial charge on any atom is -0.380 e. The lowest BCUT2D eigenvalue weighted by Crippen LogP contribution is -2.08. The third-order valence-corrected chi connectivity index (χ3v) is 5.90. The summed E-state index contributed by atoms with van der Waals surface area (Å²) in [7, 11) is -1.81. The van der Waals surface area contributed by atoms with Gasteiger partial charge >= 0.3 is 0 Å². The third-order valence-electron chi connectivity index (χ3n) is 3.24. The molecule has 26 heavy (non-hydrogen) atoms. The number of aromatic nitrogens is 1. The average molecular weight is 451 g/mol. The van der Waals surface area contributed by atoms with E-state index in [0.29, 0.717) is 27.4 Å². The van der Waals surface area contributed by atoms with Crippen molar-refractivity contribution in [3.05, 3.63) is 68.4 Å². The first kappa shape index (κ1) is 19.4. The summed E-state index contributed by atoms with van der Waals surface area (Å²) in [6, 6.07) is 7.63. The van der Waals surface area contributed by atoms with Crippen LogP contribution in [0.3, 0.4) is 0 Å². The number of rotatable bonds is 6. The lowest BCUT2D eigenvalue weighted by Gasteiger charge is -2.12. The van der Waals surface area contributed by atoms with Gasteiger partial charge in [-0.15, -0.1) is 11.3 Å². The highest BCUT2D eigenvalue weighted by Gasteiger charge is 2.15. The molecule has 0 aliphatic heterocycles. The predicted molar refractivity (Wildman–Crippen MR) is 107 cm³/mol. The number of thiazole rings is 1. The second kappa shape index (κ2) is 8.54. The fourth-order valence-electron chi connectivity index (χ4n) is 2.12. The molecule has 3 rings (SSSR count). The van der Waals surface area contributed by atoms with Crippen LogP contribution in [0.2, 0.25) is 15.1 Å². The Labute approximate surface area is 170 Å². The van der Waals surface area contributed by atoms with Crippen molar-refractivity contribution in [2.75, 3.05) is 10.0 Å². The van der Waals surface area contributed by atoms with E-state index in [1.807, 2.05) is 0 Å². The standard InChI is InChI=1S/C16H11Cl3FN3OS2/c17-10-3-9(4-11(18)5-10)8-22-14-7-13(20)15(6-12(14)19)26(24)23-16-21-1-2-25-16/h1-7,22H,8H2,(H,21,23). The summed E-state index contributed by atoms with van der Waals surface area (Å²) in [5.74, 6) is -0.650. The Balaban J connectivity index is 1.75. The van der Waals surface area contributed by atoms with Gasteiger partial charge in [-0.25, -0.2) is 13.6 Å². The van der Waals surface area contributed by atoms with Crippen LogP contribution in [0.1, 0.15) is 5.56 Å². The van der Waals surface area contributed by atoms with Crippen molar-refractivity contribution in [3.8, 4) is 0 Å². The van der Waals surface area contributed by atoms with Crippen molar-refractivity contribution < 1.29 is 8.60 Å². The van der Waals surface area contributed by atoms with Crippen LogP contribution in [0.25, 0.3) is 0 Å². The quantitative estimate of drug-likeness (QED) is 0.485. The molecule has 1 aromatic heterocycles. The molecule has 0 fully saturated rings. The summed E-state index contributed by atoms with van der Waals surface area (Å²) in [4.78, 5) is 3.90. The van der Waals surface area contributed by atoms with Gasteiger partial charge in [0.25, 0.3) is 0 Å². The maximum Gasteiger partial charge on any atom is 0.194 e.